The van der Waals surface area contributed by atoms with Gasteiger partial charge < -0.3 is 4.74 Å². The summed E-state index contributed by atoms with van der Waals surface area (Å²) in [6.07, 6.45) is 1.03. The molecule has 0 N–H and O–H groups in total. The third-order valence-electron chi connectivity index (χ3n) is 2.16. The van der Waals surface area contributed by atoms with Gasteiger partial charge in [-0.3, -0.25) is 0 Å². The summed E-state index contributed by atoms with van der Waals surface area (Å²) < 4.78 is 31.8. The molecule has 0 radical (unpaired) electrons. The fourth-order valence-corrected chi connectivity index (χ4v) is 1.39. The van der Waals surface area contributed by atoms with E-state index in [1.807, 2.05) is 13.8 Å². The van der Waals surface area contributed by atoms with E-state index >= 15 is 0 Å². The predicted octanol–water partition coefficient (Wildman–Crippen LogP) is 3.32. The van der Waals surface area contributed by atoms with E-state index in [4.69, 9.17) is 4.74 Å². The molecule has 0 spiro atoms. The van der Waals surface area contributed by atoms with Crippen molar-refractivity contribution in [3.63, 3.8) is 0 Å². The van der Waals surface area contributed by atoms with Crippen LogP contribution in [0.1, 0.15) is 25.8 Å². The van der Waals surface area contributed by atoms with Crippen LogP contribution in [0.15, 0.2) is 18.2 Å². The van der Waals surface area contributed by atoms with E-state index < -0.39 is 11.6 Å². The van der Waals surface area contributed by atoms with Gasteiger partial charge in [0.2, 0.25) is 0 Å². The van der Waals surface area contributed by atoms with Gasteiger partial charge in [0, 0.05) is 18.6 Å². The molecular weight excluding hydrogens is 198 g/mol. The summed E-state index contributed by atoms with van der Waals surface area (Å²) in [5.74, 6) is -0.996. The molecule has 1 aromatic rings. The van der Waals surface area contributed by atoms with Crippen molar-refractivity contribution >= 4 is 0 Å². The van der Waals surface area contributed by atoms with Gasteiger partial charge in [0.25, 0.3) is 0 Å². The lowest BCUT2D eigenvalue weighted by molar-refractivity contribution is 0.0657. The number of ether oxygens (including phenoxy) is 1. The van der Waals surface area contributed by atoms with Crippen LogP contribution in [0.2, 0.25) is 0 Å². The number of halogens is 2. The minimum Gasteiger partial charge on any atom is -0.378 e. The molecule has 0 heterocycles. The normalized spacial score (nSPS) is 12.8. The molecule has 0 aromatic heterocycles. The maximum atomic E-state index is 13.2. The predicted molar refractivity (Wildman–Crippen MR) is 55.8 cm³/mol. The van der Waals surface area contributed by atoms with Crippen LogP contribution in [0.4, 0.5) is 8.78 Å². The summed E-state index contributed by atoms with van der Waals surface area (Å²) in [5, 5.41) is 0. The summed E-state index contributed by atoms with van der Waals surface area (Å²) in [7, 11) is 0. The fraction of sp³-hybridized carbons (Fsp3) is 0.500. The molecule has 0 bridgehead atoms. The van der Waals surface area contributed by atoms with Crippen molar-refractivity contribution in [2.45, 2.75) is 32.8 Å². The highest BCUT2D eigenvalue weighted by Gasteiger charge is 2.12. The second kappa shape index (κ2) is 5.81. The van der Waals surface area contributed by atoms with Crippen LogP contribution < -0.4 is 0 Å². The largest absolute Gasteiger partial charge is 0.378 e. The lowest BCUT2D eigenvalue weighted by Crippen LogP contribution is -2.14. The molecule has 0 amide bonds. The quantitative estimate of drug-likeness (QED) is 0.730. The zero-order valence-corrected chi connectivity index (χ0v) is 9.09. The maximum Gasteiger partial charge on any atom is 0.129 e. The zero-order chi connectivity index (χ0) is 11.3. The Morgan fingerprint density at radius 1 is 1.27 bits per heavy atom. The third kappa shape index (κ3) is 3.59. The Kier molecular flexibility index (Phi) is 4.69. The molecule has 0 saturated carbocycles. The van der Waals surface area contributed by atoms with Gasteiger partial charge in [0.15, 0.2) is 0 Å². The van der Waals surface area contributed by atoms with Crippen LogP contribution in [0, 0.1) is 11.6 Å². The van der Waals surface area contributed by atoms with Crippen molar-refractivity contribution in [2.75, 3.05) is 6.61 Å². The Morgan fingerprint density at radius 2 is 1.87 bits per heavy atom. The number of benzene rings is 1. The van der Waals surface area contributed by atoms with Gasteiger partial charge in [-0.1, -0.05) is 13.0 Å². The first-order valence-electron chi connectivity index (χ1n) is 5.19. The molecule has 0 fully saturated rings. The van der Waals surface area contributed by atoms with E-state index in [0.29, 0.717) is 6.61 Å². The highest BCUT2D eigenvalue weighted by Crippen LogP contribution is 2.15. The SMILES string of the molecule is CCCOC(C)Cc1c(F)cccc1F. The van der Waals surface area contributed by atoms with Crippen molar-refractivity contribution in [2.24, 2.45) is 0 Å². The van der Waals surface area contributed by atoms with Crippen LogP contribution in [0.5, 0.6) is 0 Å². The van der Waals surface area contributed by atoms with Crippen LogP contribution in [0.3, 0.4) is 0 Å². The number of hydrogen-bond acceptors (Lipinski definition) is 1. The zero-order valence-electron chi connectivity index (χ0n) is 9.09. The average molecular weight is 214 g/mol. The molecule has 0 saturated heterocycles. The molecule has 0 aliphatic heterocycles. The van der Waals surface area contributed by atoms with Crippen molar-refractivity contribution in [3.05, 3.63) is 35.4 Å². The molecule has 0 aliphatic rings. The first-order valence-corrected chi connectivity index (χ1v) is 5.19. The van der Waals surface area contributed by atoms with Gasteiger partial charge in [0.05, 0.1) is 6.10 Å². The summed E-state index contributed by atoms with van der Waals surface area (Å²) in [6.45, 7) is 4.44. The van der Waals surface area contributed by atoms with E-state index in [9.17, 15) is 8.78 Å². The number of rotatable bonds is 5. The molecule has 3 heteroatoms. The maximum absolute atomic E-state index is 13.2. The smallest absolute Gasteiger partial charge is 0.129 e. The van der Waals surface area contributed by atoms with Crippen LogP contribution in [-0.4, -0.2) is 12.7 Å². The first kappa shape index (κ1) is 12.1. The van der Waals surface area contributed by atoms with Crippen molar-refractivity contribution < 1.29 is 13.5 Å². The van der Waals surface area contributed by atoms with E-state index in [1.165, 1.54) is 18.2 Å². The van der Waals surface area contributed by atoms with Gasteiger partial charge in [-0.15, -0.1) is 0 Å². The van der Waals surface area contributed by atoms with Crippen LogP contribution in [0.25, 0.3) is 0 Å². The molecule has 84 valence electrons. The Morgan fingerprint density at radius 3 is 2.40 bits per heavy atom. The Hall–Kier alpha value is -0.960. The molecule has 0 aliphatic carbocycles. The molecule has 1 nitrogen and oxygen atoms in total. The highest BCUT2D eigenvalue weighted by atomic mass is 19.1. The summed E-state index contributed by atoms with van der Waals surface area (Å²) >= 11 is 0. The summed E-state index contributed by atoms with van der Waals surface area (Å²) in [6, 6.07) is 3.90. The second-order valence-electron chi connectivity index (χ2n) is 3.59. The average Bonchev–Trinajstić information content (AvgIpc) is 2.21. The third-order valence-corrected chi connectivity index (χ3v) is 2.16. The van der Waals surface area contributed by atoms with E-state index in [-0.39, 0.29) is 18.1 Å². The topological polar surface area (TPSA) is 9.23 Å². The molecule has 1 aromatic carbocycles. The van der Waals surface area contributed by atoms with Crippen LogP contribution >= 0.6 is 0 Å². The molecule has 1 atom stereocenters. The molecule has 15 heavy (non-hydrogen) atoms. The van der Waals surface area contributed by atoms with E-state index in [2.05, 4.69) is 0 Å². The van der Waals surface area contributed by atoms with Crippen LogP contribution in [-0.2, 0) is 11.2 Å². The van der Waals surface area contributed by atoms with E-state index in [0.717, 1.165) is 6.42 Å². The van der Waals surface area contributed by atoms with Crippen molar-refractivity contribution in [1.82, 2.24) is 0 Å². The van der Waals surface area contributed by atoms with Gasteiger partial charge >= 0.3 is 0 Å². The minimum absolute atomic E-state index is 0.112. The van der Waals surface area contributed by atoms with Crippen molar-refractivity contribution in [3.8, 4) is 0 Å². The highest BCUT2D eigenvalue weighted by molar-refractivity contribution is 5.20. The monoisotopic (exact) mass is 214 g/mol. The lowest BCUT2D eigenvalue weighted by Gasteiger charge is -2.13. The van der Waals surface area contributed by atoms with Gasteiger partial charge in [-0.25, -0.2) is 8.78 Å². The standard InChI is InChI=1S/C12H16F2O/c1-3-7-15-9(2)8-10-11(13)5-4-6-12(10)14/h4-6,9H,3,7-8H2,1-2H3. The summed E-state index contributed by atoms with van der Waals surface area (Å²) in [5.41, 5.74) is 0.112. The minimum atomic E-state index is -0.498. The van der Waals surface area contributed by atoms with Gasteiger partial charge in [-0.2, -0.15) is 0 Å². The number of hydrogen-bond donors (Lipinski definition) is 0. The Bertz CT molecular complexity index is 292. The Labute approximate surface area is 89.1 Å². The van der Waals surface area contributed by atoms with Gasteiger partial charge in [-0.05, 0) is 25.5 Å². The first-order chi connectivity index (χ1) is 7.15. The summed E-state index contributed by atoms with van der Waals surface area (Å²) in [4.78, 5) is 0. The molecule has 1 rings (SSSR count). The molecular formula is C12H16F2O. The van der Waals surface area contributed by atoms with E-state index in [1.54, 1.807) is 0 Å². The molecule has 1 unspecified atom stereocenters. The fourth-order valence-electron chi connectivity index (χ4n) is 1.39. The second-order valence-corrected chi connectivity index (χ2v) is 3.59. The van der Waals surface area contributed by atoms with Crippen molar-refractivity contribution in [1.29, 1.82) is 0 Å². The Balaban J connectivity index is 2.63. The lowest BCUT2D eigenvalue weighted by atomic mass is 10.1. The van der Waals surface area contributed by atoms with Gasteiger partial charge in [0.1, 0.15) is 11.6 Å².